The number of imidazole rings is 1. The van der Waals surface area contributed by atoms with Gasteiger partial charge in [0.05, 0.1) is 10.7 Å². The van der Waals surface area contributed by atoms with E-state index in [0.29, 0.717) is 22.3 Å². The lowest BCUT2D eigenvalue weighted by Gasteiger charge is -2.12. The van der Waals surface area contributed by atoms with E-state index in [4.69, 9.17) is 28.9 Å². The summed E-state index contributed by atoms with van der Waals surface area (Å²) in [6, 6.07) is 14.7. The van der Waals surface area contributed by atoms with Gasteiger partial charge in [-0.25, -0.2) is 4.98 Å². The first-order valence-electron chi connectivity index (χ1n) is 10.2. The van der Waals surface area contributed by atoms with Gasteiger partial charge in [-0.2, -0.15) is 0 Å². The number of piperidine rings is 1. The summed E-state index contributed by atoms with van der Waals surface area (Å²) in [6.07, 6.45) is 4.81. The summed E-state index contributed by atoms with van der Waals surface area (Å²) in [5, 5.41) is 4.47. The molecule has 0 spiro atoms. The van der Waals surface area contributed by atoms with E-state index in [1.807, 2.05) is 41.8 Å². The number of halogens is 2. The van der Waals surface area contributed by atoms with Crippen LogP contribution in [0.5, 0.6) is 0 Å². The standard InChI is InChI=1S/C18H15Cl2N3O.C5H11N/c1-2-15-16(17(21)24)22-18(13-5-3-4-6-14(13)20)23(15)12-9-7-11(19)8-10-12;1-2-4-6-5-3-1/h3-10H,2H2,1H3,(H2,21,24);6H,1-5H2. The van der Waals surface area contributed by atoms with Gasteiger partial charge >= 0.3 is 0 Å². The van der Waals surface area contributed by atoms with Crippen LogP contribution in [-0.2, 0) is 6.42 Å². The van der Waals surface area contributed by atoms with E-state index in [1.165, 1.54) is 32.4 Å². The normalized spacial score (nSPS) is 13.4. The molecule has 0 radical (unpaired) electrons. The number of hydrogen-bond acceptors (Lipinski definition) is 3. The summed E-state index contributed by atoms with van der Waals surface area (Å²) in [6.45, 7) is 4.45. The van der Waals surface area contributed by atoms with Gasteiger partial charge in [-0.1, -0.05) is 48.7 Å². The maximum atomic E-state index is 11.8. The fourth-order valence-corrected chi connectivity index (χ4v) is 3.82. The molecule has 2 heterocycles. The molecule has 30 heavy (non-hydrogen) atoms. The van der Waals surface area contributed by atoms with Crippen LogP contribution in [0.3, 0.4) is 0 Å². The summed E-state index contributed by atoms with van der Waals surface area (Å²) in [5.74, 6) is 0.0152. The Labute approximate surface area is 187 Å². The van der Waals surface area contributed by atoms with Crippen LogP contribution in [0.2, 0.25) is 10.0 Å². The molecular formula is C23H26Cl2N4O. The van der Waals surface area contributed by atoms with Crippen molar-refractivity contribution < 1.29 is 4.79 Å². The minimum atomic E-state index is -0.562. The monoisotopic (exact) mass is 444 g/mol. The molecule has 0 bridgehead atoms. The van der Waals surface area contributed by atoms with E-state index in [1.54, 1.807) is 18.2 Å². The minimum absolute atomic E-state index is 0.252. The third kappa shape index (κ3) is 5.22. The molecule has 158 valence electrons. The minimum Gasteiger partial charge on any atom is -0.364 e. The molecular weight excluding hydrogens is 419 g/mol. The van der Waals surface area contributed by atoms with Crippen LogP contribution < -0.4 is 11.1 Å². The van der Waals surface area contributed by atoms with E-state index in [2.05, 4.69) is 10.3 Å². The fraction of sp³-hybridized carbons (Fsp3) is 0.304. The first kappa shape index (κ1) is 22.3. The van der Waals surface area contributed by atoms with Crippen molar-refractivity contribution in [1.29, 1.82) is 0 Å². The number of primary amides is 1. The van der Waals surface area contributed by atoms with E-state index in [9.17, 15) is 4.79 Å². The number of nitrogens with zero attached hydrogens (tertiary/aromatic N) is 2. The largest absolute Gasteiger partial charge is 0.364 e. The molecule has 2 aromatic carbocycles. The lowest BCUT2D eigenvalue weighted by molar-refractivity contribution is 0.0995. The fourth-order valence-electron chi connectivity index (χ4n) is 3.47. The molecule has 1 amide bonds. The Morgan fingerprint density at radius 1 is 1.07 bits per heavy atom. The Morgan fingerprint density at radius 3 is 2.23 bits per heavy atom. The molecule has 0 unspecified atom stereocenters. The van der Waals surface area contributed by atoms with E-state index in [0.717, 1.165) is 16.9 Å². The topological polar surface area (TPSA) is 72.9 Å². The summed E-state index contributed by atoms with van der Waals surface area (Å²) < 4.78 is 1.90. The number of rotatable bonds is 4. The highest BCUT2D eigenvalue weighted by Gasteiger charge is 2.22. The van der Waals surface area contributed by atoms with Gasteiger partial charge in [0.15, 0.2) is 0 Å². The molecule has 1 saturated heterocycles. The van der Waals surface area contributed by atoms with Crippen molar-refractivity contribution in [1.82, 2.24) is 14.9 Å². The Bertz CT molecular complexity index is 983. The van der Waals surface area contributed by atoms with Gasteiger partial charge < -0.3 is 11.1 Å². The highest BCUT2D eigenvalue weighted by Crippen LogP contribution is 2.32. The first-order valence-corrected chi connectivity index (χ1v) is 10.9. The third-order valence-corrected chi connectivity index (χ3v) is 5.53. The number of carbonyl (C=O) groups excluding carboxylic acids is 1. The smallest absolute Gasteiger partial charge is 0.269 e. The van der Waals surface area contributed by atoms with Gasteiger partial charge in [0.25, 0.3) is 5.91 Å². The second kappa shape index (κ2) is 10.6. The zero-order valence-electron chi connectivity index (χ0n) is 17.0. The molecule has 0 aliphatic carbocycles. The highest BCUT2D eigenvalue weighted by molar-refractivity contribution is 6.33. The van der Waals surface area contributed by atoms with Crippen molar-refractivity contribution in [3.63, 3.8) is 0 Å². The second-order valence-corrected chi connectivity index (χ2v) is 7.89. The summed E-state index contributed by atoms with van der Waals surface area (Å²) in [5.41, 5.74) is 8.08. The number of nitrogens with two attached hydrogens (primary N) is 1. The molecule has 3 N–H and O–H groups in total. The Balaban J connectivity index is 0.000000367. The quantitative estimate of drug-likeness (QED) is 0.575. The summed E-state index contributed by atoms with van der Waals surface area (Å²) in [4.78, 5) is 16.3. The highest BCUT2D eigenvalue weighted by atomic mass is 35.5. The van der Waals surface area contributed by atoms with Gasteiger partial charge in [0.2, 0.25) is 0 Å². The zero-order valence-corrected chi connectivity index (χ0v) is 18.5. The van der Waals surface area contributed by atoms with Crippen LogP contribution in [0.4, 0.5) is 0 Å². The first-order chi connectivity index (χ1) is 14.5. The maximum absolute atomic E-state index is 11.8. The number of benzene rings is 2. The molecule has 0 atom stereocenters. The molecule has 7 heteroatoms. The molecule has 1 aliphatic heterocycles. The van der Waals surface area contributed by atoms with Crippen molar-refractivity contribution in [3.8, 4) is 17.1 Å². The van der Waals surface area contributed by atoms with Crippen LogP contribution in [0.1, 0.15) is 42.4 Å². The molecule has 4 rings (SSSR count). The lowest BCUT2D eigenvalue weighted by Crippen LogP contribution is -2.21. The Morgan fingerprint density at radius 2 is 1.73 bits per heavy atom. The second-order valence-electron chi connectivity index (χ2n) is 7.05. The number of amides is 1. The average Bonchev–Trinajstić information content (AvgIpc) is 3.16. The molecule has 1 aliphatic rings. The third-order valence-electron chi connectivity index (χ3n) is 4.95. The SMILES string of the molecule is C1CCNCC1.CCc1c(C(N)=O)nc(-c2ccccc2Cl)n1-c1ccc(Cl)cc1. The summed E-state index contributed by atoms with van der Waals surface area (Å²) >= 11 is 12.3. The van der Waals surface area contributed by atoms with E-state index in [-0.39, 0.29) is 5.69 Å². The number of aromatic nitrogens is 2. The van der Waals surface area contributed by atoms with E-state index >= 15 is 0 Å². The molecule has 3 aromatic rings. The van der Waals surface area contributed by atoms with Crippen molar-refractivity contribution in [2.24, 2.45) is 5.73 Å². The Hall–Kier alpha value is -2.34. The molecule has 1 aromatic heterocycles. The van der Waals surface area contributed by atoms with Crippen molar-refractivity contribution >= 4 is 29.1 Å². The van der Waals surface area contributed by atoms with Crippen molar-refractivity contribution in [3.05, 3.63) is 70.0 Å². The average molecular weight is 445 g/mol. The van der Waals surface area contributed by atoms with Gasteiger partial charge in [0, 0.05) is 16.3 Å². The van der Waals surface area contributed by atoms with Gasteiger partial charge in [-0.15, -0.1) is 0 Å². The van der Waals surface area contributed by atoms with E-state index < -0.39 is 5.91 Å². The maximum Gasteiger partial charge on any atom is 0.269 e. The van der Waals surface area contributed by atoms with Gasteiger partial charge in [0.1, 0.15) is 11.5 Å². The molecule has 1 fully saturated rings. The van der Waals surface area contributed by atoms with Crippen LogP contribution in [0, 0.1) is 0 Å². The predicted molar refractivity (Wildman–Crippen MR) is 124 cm³/mol. The number of hydrogen-bond donors (Lipinski definition) is 2. The zero-order chi connectivity index (χ0) is 21.5. The molecule has 0 saturated carbocycles. The van der Waals surface area contributed by atoms with Crippen LogP contribution in [-0.4, -0.2) is 28.5 Å². The predicted octanol–water partition coefficient (Wildman–Crippen LogP) is 5.27. The number of nitrogens with one attached hydrogen (secondary N) is 1. The van der Waals surface area contributed by atoms with Gasteiger partial charge in [-0.3, -0.25) is 9.36 Å². The Kier molecular flexibility index (Phi) is 7.91. The van der Waals surface area contributed by atoms with Crippen molar-refractivity contribution in [2.45, 2.75) is 32.6 Å². The van der Waals surface area contributed by atoms with Gasteiger partial charge in [-0.05, 0) is 68.8 Å². The molecule has 5 nitrogen and oxygen atoms in total. The van der Waals surface area contributed by atoms with Crippen molar-refractivity contribution in [2.75, 3.05) is 13.1 Å². The lowest BCUT2D eigenvalue weighted by atomic mass is 10.2. The van der Waals surface area contributed by atoms with Crippen LogP contribution in [0.25, 0.3) is 17.1 Å². The van der Waals surface area contributed by atoms with Crippen LogP contribution >= 0.6 is 23.2 Å². The number of carbonyl (C=O) groups is 1. The summed E-state index contributed by atoms with van der Waals surface area (Å²) in [7, 11) is 0. The van der Waals surface area contributed by atoms with Crippen LogP contribution in [0.15, 0.2) is 48.5 Å².